The van der Waals surface area contributed by atoms with Gasteiger partial charge in [-0.2, -0.15) is 0 Å². The topological polar surface area (TPSA) is 154 Å². The van der Waals surface area contributed by atoms with E-state index < -0.39 is 44.4 Å². The van der Waals surface area contributed by atoms with Gasteiger partial charge in [0.2, 0.25) is 0 Å². The Kier molecular flexibility index (Phi) is 4.64. The molecule has 1 saturated heterocycles. The number of allylic oxidation sites excluding steroid dienone is 1. The highest BCUT2D eigenvalue weighted by Crippen LogP contribution is 2.41. The van der Waals surface area contributed by atoms with Gasteiger partial charge in [0.25, 0.3) is 11.8 Å². The lowest BCUT2D eigenvalue weighted by atomic mass is 10.0. The van der Waals surface area contributed by atoms with Gasteiger partial charge in [0, 0.05) is 12.3 Å². The van der Waals surface area contributed by atoms with Crippen molar-refractivity contribution in [2.75, 3.05) is 5.75 Å². The molecule has 2 aliphatic heterocycles. The second-order valence-corrected chi connectivity index (χ2v) is 7.74. The number of carbonyl (C=O) groups excluding carboxylic acids is 2. The molecule has 0 radical (unpaired) electrons. The van der Waals surface area contributed by atoms with Crippen LogP contribution in [0.2, 0.25) is 0 Å². The zero-order valence-corrected chi connectivity index (χ0v) is 14.4. The maximum Gasteiger partial charge on any atom is 0.352 e. The molecule has 0 aliphatic carbocycles. The Labute approximate surface area is 153 Å². The minimum absolute atomic E-state index is 0.0800. The van der Waals surface area contributed by atoms with Crippen molar-refractivity contribution in [2.24, 2.45) is 0 Å². The number of carbonyl (C=O) groups is 3. The highest BCUT2D eigenvalue weighted by atomic mass is 32.2. The number of carboxylic acids is 1. The van der Waals surface area contributed by atoms with Gasteiger partial charge in [0.1, 0.15) is 5.70 Å². The summed E-state index contributed by atoms with van der Waals surface area (Å²) in [5.41, 5.74) is 0.817. The van der Waals surface area contributed by atoms with Crippen LogP contribution in [0.15, 0.2) is 53.4 Å². The summed E-state index contributed by atoms with van der Waals surface area (Å²) in [5.74, 6) is -3.94. The molecule has 140 valence electrons. The van der Waals surface area contributed by atoms with Crippen molar-refractivity contribution in [3.05, 3.63) is 59.1 Å². The number of hydrogen-bond acceptors (Lipinski definition) is 7. The number of fused-ring (bicyclic) bond motifs is 1. The molecule has 1 atom stereocenters. The van der Waals surface area contributed by atoms with Crippen LogP contribution in [0.5, 0.6) is 0 Å². The van der Waals surface area contributed by atoms with Crippen molar-refractivity contribution in [1.29, 1.82) is 0 Å². The summed E-state index contributed by atoms with van der Waals surface area (Å²) in [4.78, 5) is 39.9. The third kappa shape index (κ3) is 3.25. The number of aromatic nitrogens is 1. The van der Waals surface area contributed by atoms with Crippen molar-refractivity contribution in [1.82, 2.24) is 15.4 Å². The predicted octanol–water partition coefficient (Wildman–Crippen LogP) is -0.538. The van der Waals surface area contributed by atoms with Crippen molar-refractivity contribution < 1.29 is 33.1 Å². The van der Waals surface area contributed by atoms with E-state index in [-0.39, 0.29) is 11.1 Å². The third-order valence-electron chi connectivity index (χ3n) is 3.95. The molecular formula is C16H13N3O7S. The van der Waals surface area contributed by atoms with E-state index in [1.807, 2.05) is 0 Å². The maximum absolute atomic E-state index is 12.6. The molecule has 11 heteroatoms. The molecule has 0 bridgehead atoms. The van der Waals surface area contributed by atoms with E-state index in [1.54, 1.807) is 18.2 Å². The molecule has 1 fully saturated rings. The molecule has 0 aromatic carbocycles. The zero-order chi connectivity index (χ0) is 19.8. The molecular weight excluding hydrogens is 378 g/mol. The normalized spacial score (nSPS) is 22.6. The van der Waals surface area contributed by atoms with Gasteiger partial charge in [-0.15, -0.1) is 0 Å². The number of sulfone groups is 1. The number of nitrogens with zero attached hydrogens (tertiary/aromatic N) is 2. The van der Waals surface area contributed by atoms with Crippen LogP contribution in [0.1, 0.15) is 5.69 Å². The molecule has 3 rings (SSSR count). The van der Waals surface area contributed by atoms with Crippen LogP contribution in [-0.2, 0) is 24.2 Å². The summed E-state index contributed by atoms with van der Waals surface area (Å²) in [6.07, 6.45) is 4.49. The Morgan fingerprint density at radius 2 is 2.07 bits per heavy atom. The molecule has 2 aliphatic rings. The zero-order valence-electron chi connectivity index (χ0n) is 13.6. The first-order chi connectivity index (χ1) is 12.8. The van der Waals surface area contributed by atoms with Gasteiger partial charge < -0.3 is 5.11 Å². The van der Waals surface area contributed by atoms with Gasteiger partial charge in [-0.3, -0.25) is 24.7 Å². The van der Waals surface area contributed by atoms with Crippen LogP contribution in [0.25, 0.3) is 6.08 Å². The maximum atomic E-state index is 12.6. The van der Waals surface area contributed by atoms with E-state index in [0.717, 1.165) is 12.2 Å². The molecule has 10 nitrogen and oxygen atoms in total. The highest BCUT2D eigenvalue weighted by molar-refractivity contribution is 7.92. The second kappa shape index (κ2) is 6.78. The van der Waals surface area contributed by atoms with Gasteiger partial charge in [-0.05, 0) is 23.8 Å². The number of carboxylic acid groups (broad SMARTS) is 1. The predicted molar refractivity (Wildman–Crippen MR) is 90.4 cm³/mol. The molecule has 27 heavy (non-hydrogen) atoms. The van der Waals surface area contributed by atoms with Crippen molar-refractivity contribution in [3.63, 3.8) is 0 Å². The van der Waals surface area contributed by atoms with E-state index in [2.05, 4.69) is 4.98 Å². The average Bonchev–Trinajstić information content (AvgIpc) is 2.63. The van der Waals surface area contributed by atoms with Gasteiger partial charge >= 0.3 is 5.97 Å². The summed E-state index contributed by atoms with van der Waals surface area (Å²) in [5, 5.41) is 16.5. The molecule has 1 aromatic heterocycles. The standard InChI is InChI=1S/C16H13N3O7S/c20-12(18-24)5-4-9-8-27(25,26)15-11(7-10-3-1-2-6-17-10)14(21)19(15)13(9)16(22)23/h1-7,15,24H,8H2,(H,18,20)(H,22,23)/b5-4+,11-7+/t15-/m1/s1. The molecule has 0 saturated carbocycles. The Morgan fingerprint density at radius 1 is 1.33 bits per heavy atom. The Bertz CT molecular complexity index is 1030. The number of β-lactam (4-membered cyclic amide) rings is 1. The SMILES string of the molecule is O=C(/C=C/C1=C(C(=O)O)N2C(=O)/C(=C\c3ccccn3)[C@H]2S(=O)(=O)C1)NO. The van der Waals surface area contributed by atoms with Crippen molar-refractivity contribution >= 4 is 33.7 Å². The van der Waals surface area contributed by atoms with E-state index in [1.165, 1.54) is 17.8 Å². The lowest BCUT2D eigenvalue weighted by Crippen LogP contribution is -2.62. The molecule has 3 heterocycles. The fourth-order valence-corrected chi connectivity index (χ4v) is 4.75. The third-order valence-corrected chi connectivity index (χ3v) is 5.81. The number of aliphatic carboxylic acids is 1. The monoisotopic (exact) mass is 391 g/mol. The van der Waals surface area contributed by atoms with Crippen LogP contribution >= 0.6 is 0 Å². The van der Waals surface area contributed by atoms with Gasteiger partial charge in [0.05, 0.1) is 17.0 Å². The number of hydroxylamine groups is 1. The molecule has 3 N–H and O–H groups in total. The summed E-state index contributed by atoms with van der Waals surface area (Å²) in [6.45, 7) is 0. The number of rotatable bonds is 4. The first-order valence-corrected chi connectivity index (χ1v) is 9.24. The summed E-state index contributed by atoms with van der Waals surface area (Å²) < 4.78 is 25.2. The summed E-state index contributed by atoms with van der Waals surface area (Å²) in [7, 11) is -3.95. The fraction of sp³-hybridized carbons (Fsp3) is 0.125. The first-order valence-electron chi connectivity index (χ1n) is 7.52. The molecule has 0 spiro atoms. The molecule has 1 aromatic rings. The summed E-state index contributed by atoms with van der Waals surface area (Å²) in [6, 6.07) is 4.89. The van der Waals surface area contributed by atoms with Crippen molar-refractivity contribution in [2.45, 2.75) is 5.37 Å². The Hall–Kier alpha value is -3.31. The number of hydrogen-bond donors (Lipinski definition) is 3. The van der Waals surface area contributed by atoms with Gasteiger partial charge in [0.15, 0.2) is 15.2 Å². The van der Waals surface area contributed by atoms with Crippen LogP contribution < -0.4 is 5.48 Å². The first kappa shape index (κ1) is 18.5. The van der Waals surface area contributed by atoms with E-state index in [9.17, 15) is 27.9 Å². The van der Waals surface area contributed by atoms with Crippen LogP contribution in [0.4, 0.5) is 0 Å². The van der Waals surface area contributed by atoms with Crippen LogP contribution in [0.3, 0.4) is 0 Å². The smallest absolute Gasteiger partial charge is 0.352 e. The van der Waals surface area contributed by atoms with Gasteiger partial charge in [-0.25, -0.2) is 18.7 Å². The lowest BCUT2D eigenvalue weighted by molar-refractivity contribution is -0.141. The Morgan fingerprint density at radius 3 is 2.67 bits per heavy atom. The summed E-state index contributed by atoms with van der Waals surface area (Å²) >= 11 is 0. The highest BCUT2D eigenvalue weighted by Gasteiger charge is 2.56. The van der Waals surface area contributed by atoms with E-state index >= 15 is 0 Å². The van der Waals surface area contributed by atoms with E-state index in [4.69, 9.17) is 5.21 Å². The average molecular weight is 391 g/mol. The quantitative estimate of drug-likeness (QED) is 0.268. The van der Waals surface area contributed by atoms with Crippen molar-refractivity contribution in [3.8, 4) is 0 Å². The largest absolute Gasteiger partial charge is 0.477 e. The van der Waals surface area contributed by atoms with Crippen LogP contribution in [0, 0.1) is 0 Å². The fourth-order valence-electron chi connectivity index (χ4n) is 2.85. The second-order valence-electron chi connectivity index (χ2n) is 5.68. The number of amides is 2. The lowest BCUT2D eigenvalue weighted by Gasteiger charge is -2.45. The minimum atomic E-state index is -3.95. The van der Waals surface area contributed by atoms with E-state index in [0.29, 0.717) is 10.6 Å². The molecule has 2 amide bonds. The molecule has 0 unspecified atom stereocenters. The number of nitrogens with one attached hydrogen (secondary N) is 1. The minimum Gasteiger partial charge on any atom is -0.477 e. The van der Waals surface area contributed by atoms with Crippen LogP contribution in [-0.4, -0.2) is 57.5 Å². The number of pyridine rings is 1. The van der Waals surface area contributed by atoms with Gasteiger partial charge in [-0.1, -0.05) is 12.1 Å². The Balaban J connectivity index is 2.07.